The lowest BCUT2D eigenvalue weighted by molar-refractivity contribution is -0.125. The molecule has 0 fully saturated rings. The van der Waals surface area contributed by atoms with Gasteiger partial charge < -0.3 is 9.88 Å². The molecule has 1 N–H and O–H groups in total. The fourth-order valence-electron chi connectivity index (χ4n) is 3.54. The smallest absolute Gasteiger partial charge is 0.255 e. The molecule has 0 atom stereocenters. The van der Waals surface area contributed by atoms with Gasteiger partial charge in [0.25, 0.3) is 5.91 Å². The average Bonchev–Trinajstić information content (AvgIpc) is 2.92. The Balaban J connectivity index is 1.74. The van der Waals surface area contributed by atoms with E-state index in [-0.39, 0.29) is 5.91 Å². The van der Waals surface area contributed by atoms with Gasteiger partial charge in [0.05, 0.1) is 11.3 Å². The first-order valence-electron chi connectivity index (χ1n) is 8.37. The largest absolute Gasteiger partial charge is 0.354 e. The molecule has 0 spiro atoms. The SMILES string of the molecule is C/C=C1\C(=O)N(Cc2ccccc2)CCc2c1[nH]c1ccccc21. The maximum Gasteiger partial charge on any atom is 0.255 e. The molecule has 0 aliphatic carbocycles. The van der Waals surface area contributed by atoms with Gasteiger partial charge in [-0.1, -0.05) is 54.6 Å². The summed E-state index contributed by atoms with van der Waals surface area (Å²) < 4.78 is 0. The van der Waals surface area contributed by atoms with Crippen molar-refractivity contribution in [2.75, 3.05) is 6.54 Å². The molecule has 3 aromatic rings. The Kier molecular flexibility index (Phi) is 3.69. The summed E-state index contributed by atoms with van der Waals surface area (Å²) in [4.78, 5) is 18.5. The highest BCUT2D eigenvalue weighted by Crippen LogP contribution is 2.32. The fourth-order valence-corrected chi connectivity index (χ4v) is 3.54. The number of carbonyl (C=O) groups excluding carboxylic acids is 1. The van der Waals surface area contributed by atoms with Crippen molar-refractivity contribution in [2.45, 2.75) is 19.9 Å². The zero-order valence-corrected chi connectivity index (χ0v) is 13.8. The van der Waals surface area contributed by atoms with Gasteiger partial charge in [0.15, 0.2) is 0 Å². The lowest BCUT2D eigenvalue weighted by Gasteiger charge is -2.21. The molecule has 24 heavy (non-hydrogen) atoms. The monoisotopic (exact) mass is 316 g/mol. The summed E-state index contributed by atoms with van der Waals surface area (Å²) in [6.45, 7) is 3.33. The summed E-state index contributed by atoms with van der Waals surface area (Å²) in [7, 11) is 0. The highest BCUT2D eigenvalue weighted by molar-refractivity contribution is 6.20. The zero-order valence-electron chi connectivity index (χ0n) is 13.8. The Bertz CT molecular complexity index is 921. The van der Waals surface area contributed by atoms with Crippen LogP contribution >= 0.6 is 0 Å². The van der Waals surface area contributed by atoms with E-state index in [1.165, 1.54) is 10.9 Å². The van der Waals surface area contributed by atoms with Crippen molar-refractivity contribution in [2.24, 2.45) is 0 Å². The molecule has 1 aliphatic heterocycles. The summed E-state index contributed by atoms with van der Waals surface area (Å²) in [6, 6.07) is 18.5. The van der Waals surface area contributed by atoms with Crippen LogP contribution in [-0.4, -0.2) is 22.3 Å². The lowest BCUT2D eigenvalue weighted by Crippen LogP contribution is -2.31. The molecule has 0 saturated heterocycles. The number of hydrogen-bond donors (Lipinski definition) is 1. The molecular weight excluding hydrogens is 296 g/mol. The molecular formula is C21H20N2O. The average molecular weight is 316 g/mol. The van der Waals surface area contributed by atoms with Gasteiger partial charge in [-0.25, -0.2) is 0 Å². The maximum absolute atomic E-state index is 13.1. The van der Waals surface area contributed by atoms with Crippen molar-refractivity contribution in [3.63, 3.8) is 0 Å². The summed E-state index contributed by atoms with van der Waals surface area (Å²) in [5.41, 5.74) is 5.28. The number of allylic oxidation sites excluding steroid dienone is 1. The number of benzene rings is 2. The van der Waals surface area contributed by atoms with Crippen LogP contribution in [0, 0.1) is 0 Å². The minimum Gasteiger partial charge on any atom is -0.354 e. The second kappa shape index (κ2) is 6.00. The summed E-state index contributed by atoms with van der Waals surface area (Å²) >= 11 is 0. The summed E-state index contributed by atoms with van der Waals surface area (Å²) in [5.74, 6) is 0.103. The zero-order chi connectivity index (χ0) is 16.5. The van der Waals surface area contributed by atoms with E-state index in [4.69, 9.17) is 0 Å². The van der Waals surface area contributed by atoms with Crippen molar-refractivity contribution in [3.8, 4) is 0 Å². The van der Waals surface area contributed by atoms with Crippen molar-refractivity contribution in [3.05, 3.63) is 77.5 Å². The number of carbonyl (C=O) groups is 1. The van der Waals surface area contributed by atoms with Crippen LogP contribution in [0.1, 0.15) is 23.7 Å². The molecule has 0 bridgehead atoms. The quantitative estimate of drug-likeness (QED) is 0.708. The molecule has 120 valence electrons. The number of rotatable bonds is 2. The van der Waals surface area contributed by atoms with Gasteiger partial charge >= 0.3 is 0 Å². The second-order valence-corrected chi connectivity index (χ2v) is 6.19. The number of nitrogens with one attached hydrogen (secondary N) is 1. The van der Waals surface area contributed by atoms with Gasteiger partial charge in [-0.2, -0.15) is 0 Å². The minimum absolute atomic E-state index is 0.103. The van der Waals surface area contributed by atoms with Gasteiger partial charge in [0.1, 0.15) is 0 Å². The third kappa shape index (κ3) is 2.42. The van der Waals surface area contributed by atoms with E-state index < -0.39 is 0 Å². The van der Waals surface area contributed by atoms with Crippen LogP contribution in [0.5, 0.6) is 0 Å². The molecule has 3 heteroatoms. The third-order valence-corrected chi connectivity index (χ3v) is 4.74. The molecule has 0 unspecified atom stereocenters. The van der Waals surface area contributed by atoms with E-state index in [1.54, 1.807) is 0 Å². The molecule has 1 amide bonds. The standard InChI is InChI=1S/C21H20N2O/c1-2-16-20-18(17-10-6-7-11-19(17)22-20)12-13-23(21(16)24)14-15-8-4-3-5-9-15/h2-11,22H,12-14H2,1H3/b16-2-. The first-order chi connectivity index (χ1) is 11.8. The van der Waals surface area contributed by atoms with E-state index in [0.29, 0.717) is 6.54 Å². The normalized spacial score (nSPS) is 16.5. The van der Waals surface area contributed by atoms with Crippen LogP contribution in [-0.2, 0) is 17.8 Å². The Morgan fingerprint density at radius 1 is 1.08 bits per heavy atom. The molecule has 4 rings (SSSR count). The number of amides is 1. The van der Waals surface area contributed by atoms with E-state index >= 15 is 0 Å². The van der Waals surface area contributed by atoms with Crippen LogP contribution < -0.4 is 0 Å². The van der Waals surface area contributed by atoms with E-state index in [1.807, 2.05) is 42.2 Å². The number of aromatic nitrogens is 1. The highest BCUT2D eigenvalue weighted by atomic mass is 16.2. The summed E-state index contributed by atoms with van der Waals surface area (Å²) in [5, 5.41) is 1.22. The van der Waals surface area contributed by atoms with Crippen LogP contribution in [0.15, 0.2) is 60.7 Å². The van der Waals surface area contributed by atoms with E-state index in [9.17, 15) is 4.79 Å². The van der Waals surface area contributed by atoms with Crippen molar-refractivity contribution in [1.29, 1.82) is 0 Å². The first-order valence-corrected chi connectivity index (χ1v) is 8.37. The van der Waals surface area contributed by atoms with E-state index in [2.05, 4.69) is 35.3 Å². The van der Waals surface area contributed by atoms with Crippen LogP contribution in [0.3, 0.4) is 0 Å². The number of nitrogens with zero attached hydrogens (tertiary/aromatic N) is 1. The molecule has 3 nitrogen and oxygen atoms in total. The summed E-state index contributed by atoms with van der Waals surface area (Å²) in [6.07, 6.45) is 2.80. The Morgan fingerprint density at radius 3 is 2.62 bits per heavy atom. The molecule has 0 radical (unpaired) electrons. The number of hydrogen-bond acceptors (Lipinski definition) is 1. The molecule has 1 aromatic heterocycles. The van der Waals surface area contributed by atoms with Crippen LogP contribution in [0.4, 0.5) is 0 Å². The van der Waals surface area contributed by atoms with Crippen LogP contribution in [0.2, 0.25) is 0 Å². The molecule has 2 aromatic carbocycles. The lowest BCUT2D eigenvalue weighted by atomic mass is 10.0. The number of aromatic amines is 1. The fraction of sp³-hybridized carbons (Fsp3) is 0.190. The number of fused-ring (bicyclic) bond motifs is 3. The highest BCUT2D eigenvalue weighted by Gasteiger charge is 2.27. The molecule has 0 saturated carbocycles. The van der Waals surface area contributed by atoms with Crippen molar-refractivity contribution in [1.82, 2.24) is 9.88 Å². The van der Waals surface area contributed by atoms with Crippen molar-refractivity contribution < 1.29 is 4.79 Å². The van der Waals surface area contributed by atoms with Gasteiger partial charge in [0, 0.05) is 24.0 Å². The van der Waals surface area contributed by atoms with E-state index in [0.717, 1.165) is 35.3 Å². The van der Waals surface area contributed by atoms with Gasteiger partial charge in [-0.15, -0.1) is 0 Å². The third-order valence-electron chi connectivity index (χ3n) is 4.74. The van der Waals surface area contributed by atoms with Crippen molar-refractivity contribution >= 4 is 22.4 Å². The Labute approximate surface area is 141 Å². The van der Waals surface area contributed by atoms with Gasteiger partial charge in [-0.3, -0.25) is 4.79 Å². The number of para-hydroxylation sites is 1. The van der Waals surface area contributed by atoms with Gasteiger partial charge in [-0.05, 0) is 30.5 Å². The predicted molar refractivity (Wildman–Crippen MR) is 97.5 cm³/mol. The minimum atomic E-state index is 0.103. The Hall–Kier alpha value is -2.81. The van der Waals surface area contributed by atoms with Gasteiger partial charge in [0.2, 0.25) is 0 Å². The molecule has 2 heterocycles. The van der Waals surface area contributed by atoms with Crippen LogP contribution in [0.25, 0.3) is 16.5 Å². The maximum atomic E-state index is 13.1. The second-order valence-electron chi connectivity index (χ2n) is 6.19. The Morgan fingerprint density at radius 2 is 1.83 bits per heavy atom. The predicted octanol–water partition coefficient (Wildman–Crippen LogP) is 4.16. The molecule has 1 aliphatic rings. The first kappa shape index (κ1) is 14.8. The number of H-pyrrole nitrogens is 1. The topological polar surface area (TPSA) is 36.1 Å².